The van der Waals surface area contributed by atoms with Gasteiger partial charge in [-0.1, -0.05) is 18.6 Å². The minimum Gasteiger partial charge on any atom is -0.507 e. The first-order valence-electron chi connectivity index (χ1n) is 9.28. The molecular formula is C20H23N5OS. The molecule has 0 atom stereocenters. The third-order valence-corrected chi connectivity index (χ3v) is 5.50. The molecule has 0 aliphatic carbocycles. The van der Waals surface area contributed by atoms with Crippen molar-refractivity contribution in [1.29, 1.82) is 0 Å². The number of benzene rings is 1. The Hall–Kier alpha value is -2.51. The zero-order valence-corrected chi connectivity index (χ0v) is 16.2. The number of hydrogen-bond donors (Lipinski definition) is 2. The molecule has 2 aliphatic rings. The van der Waals surface area contributed by atoms with E-state index >= 15 is 0 Å². The van der Waals surface area contributed by atoms with Gasteiger partial charge in [0.15, 0.2) is 0 Å². The number of nitrogens with zero attached hydrogens (tertiary/aromatic N) is 4. The van der Waals surface area contributed by atoms with Gasteiger partial charge in [0.2, 0.25) is 0 Å². The predicted octanol–water partition coefficient (Wildman–Crippen LogP) is 3.26. The topological polar surface area (TPSA) is 73.1 Å². The average molecular weight is 382 g/mol. The van der Waals surface area contributed by atoms with Crippen LogP contribution in [0.5, 0.6) is 5.75 Å². The Balaban J connectivity index is 1.67. The lowest BCUT2D eigenvalue weighted by atomic mass is 10.0. The quantitative estimate of drug-likeness (QED) is 0.856. The molecule has 0 amide bonds. The fourth-order valence-electron chi connectivity index (χ4n) is 3.35. The van der Waals surface area contributed by atoms with Crippen LogP contribution < -0.4 is 5.32 Å². The van der Waals surface area contributed by atoms with Gasteiger partial charge in [0.1, 0.15) is 11.6 Å². The maximum absolute atomic E-state index is 10.6. The van der Waals surface area contributed by atoms with Gasteiger partial charge in [0.05, 0.1) is 11.4 Å². The van der Waals surface area contributed by atoms with Crippen molar-refractivity contribution in [2.45, 2.75) is 19.8 Å². The van der Waals surface area contributed by atoms with E-state index in [0.717, 1.165) is 56.1 Å². The Labute approximate surface area is 163 Å². The minimum absolute atomic E-state index is 0.201. The van der Waals surface area contributed by atoms with E-state index in [2.05, 4.69) is 37.8 Å². The zero-order valence-electron chi connectivity index (χ0n) is 15.4. The standard InChI is InChI=1S/C20H23N5OS/c1-2-14-11-18(22-23-20(12-14)25-8-6-21-7-9-25)16-4-3-15(13-19(16)26)17-5-10-27-24-17/h3-5,10-11,13,21,26H,2,6-9,12H2,1H3. The van der Waals surface area contributed by atoms with Crippen molar-refractivity contribution >= 4 is 23.1 Å². The van der Waals surface area contributed by atoms with E-state index in [4.69, 9.17) is 0 Å². The SMILES string of the molecule is CCC1=CC(c2ccc(-c3ccsn3)cc2O)=NN=C(N2CCNCC2)C1. The lowest BCUT2D eigenvalue weighted by Gasteiger charge is -2.29. The van der Waals surface area contributed by atoms with Crippen molar-refractivity contribution in [2.24, 2.45) is 10.2 Å². The molecule has 0 radical (unpaired) electrons. The van der Waals surface area contributed by atoms with E-state index in [-0.39, 0.29) is 5.75 Å². The fourth-order valence-corrected chi connectivity index (χ4v) is 3.88. The van der Waals surface area contributed by atoms with Gasteiger partial charge >= 0.3 is 0 Å². The first-order valence-corrected chi connectivity index (χ1v) is 10.1. The summed E-state index contributed by atoms with van der Waals surface area (Å²) in [6.07, 6.45) is 3.80. The summed E-state index contributed by atoms with van der Waals surface area (Å²) in [5.41, 5.74) is 4.45. The molecular weight excluding hydrogens is 358 g/mol. The number of phenols is 1. The number of aromatic nitrogens is 1. The molecule has 27 heavy (non-hydrogen) atoms. The number of piperazine rings is 1. The molecule has 4 rings (SSSR count). The summed E-state index contributed by atoms with van der Waals surface area (Å²) in [5.74, 6) is 1.21. The summed E-state index contributed by atoms with van der Waals surface area (Å²) in [4.78, 5) is 2.30. The first kappa shape index (κ1) is 17.9. The second-order valence-corrected chi connectivity index (χ2v) is 7.35. The molecule has 2 aromatic rings. The van der Waals surface area contributed by atoms with Crippen LogP contribution in [0.2, 0.25) is 0 Å². The number of nitrogens with one attached hydrogen (secondary N) is 1. The average Bonchev–Trinajstić information content (AvgIpc) is 3.16. The van der Waals surface area contributed by atoms with Gasteiger partial charge < -0.3 is 15.3 Å². The van der Waals surface area contributed by atoms with Crippen LogP contribution in [0.25, 0.3) is 11.3 Å². The van der Waals surface area contributed by atoms with Crippen molar-refractivity contribution in [2.75, 3.05) is 26.2 Å². The molecule has 2 N–H and O–H groups in total. The molecule has 140 valence electrons. The monoisotopic (exact) mass is 381 g/mol. The van der Waals surface area contributed by atoms with E-state index in [1.807, 2.05) is 23.6 Å². The van der Waals surface area contributed by atoms with E-state index in [9.17, 15) is 5.11 Å². The van der Waals surface area contributed by atoms with Crippen molar-refractivity contribution in [3.63, 3.8) is 0 Å². The highest BCUT2D eigenvalue weighted by atomic mass is 32.1. The van der Waals surface area contributed by atoms with Crippen LogP contribution in [0.3, 0.4) is 0 Å². The summed E-state index contributed by atoms with van der Waals surface area (Å²) in [6.45, 7) is 6.00. The number of amidine groups is 1. The number of allylic oxidation sites excluding steroid dienone is 1. The summed E-state index contributed by atoms with van der Waals surface area (Å²) >= 11 is 1.40. The zero-order chi connectivity index (χ0) is 18.6. The molecule has 0 spiro atoms. The van der Waals surface area contributed by atoms with Gasteiger partial charge in [-0.25, -0.2) is 0 Å². The maximum atomic E-state index is 10.6. The van der Waals surface area contributed by atoms with Gasteiger partial charge in [-0.15, -0.1) is 10.2 Å². The van der Waals surface area contributed by atoms with Crippen LogP contribution in [0.1, 0.15) is 25.3 Å². The van der Waals surface area contributed by atoms with E-state index < -0.39 is 0 Å². The number of rotatable bonds is 3. The molecule has 1 saturated heterocycles. The normalized spacial score (nSPS) is 17.8. The second kappa shape index (κ2) is 8.02. The highest BCUT2D eigenvalue weighted by Crippen LogP contribution is 2.28. The summed E-state index contributed by atoms with van der Waals surface area (Å²) in [5, 5.41) is 24.9. The van der Waals surface area contributed by atoms with Crippen LogP contribution in [-0.2, 0) is 0 Å². The molecule has 0 saturated carbocycles. The van der Waals surface area contributed by atoms with E-state index in [1.165, 1.54) is 17.1 Å². The van der Waals surface area contributed by atoms with Crippen molar-refractivity contribution in [3.05, 3.63) is 46.9 Å². The first-order chi connectivity index (χ1) is 13.2. The van der Waals surface area contributed by atoms with Gasteiger partial charge in [-0.3, -0.25) is 0 Å². The smallest absolute Gasteiger partial charge is 0.131 e. The van der Waals surface area contributed by atoms with Crippen LogP contribution in [0.4, 0.5) is 0 Å². The Morgan fingerprint density at radius 2 is 2.04 bits per heavy atom. The van der Waals surface area contributed by atoms with Gasteiger partial charge in [-0.2, -0.15) is 4.37 Å². The summed E-state index contributed by atoms with van der Waals surface area (Å²) in [6, 6.07) is 7.56. The molecule has 7 heteroatoms. The van der Waals surface area contributed by atoms with Crippen LogP contribution in [-0.4, -0.2) is 52.1 Å². The Morgan fingerprint density at radius 1 is 1.19 bits per heavy atom. The van der Waals surface area contributed by atoms with Crippen molar-refractivity contribution in [1.82, 2.24) is 14.6 Å². The van der Waals surface area contributed by atoms with E-state index in [0.29, 0.717) is 11.3 Å². The highest BCUT2D eigenvalue weighted by Gasteiger charge is 2.19. The van der Waals surface area contributed by atoms with Crippen molar-refractivity contribution in [3.8, 4) is 17.0 Å². The van der Waals surface area contributed by atoms with Crippen LogP contribution >= 0.6 is 11.5 Å². The molecule has 1 aromatic heterocycles. The van der Waals surface area contributed by atoms with Gasteiger partial charge in [0.25, 0.3) is 0 Å². The third kappa shape index (κ3) is 3.94. The molecule has 1 aromatic carbocycles. The molecule has 0 bridgehead atoms. The third-order valence-electron chi connectivity index (χ3n) is 4.94. The minimum atomic E-state index is 0.201. The highest BCUT2D eigenvalue weighted by molar-refractivity contribution is 7.03. The number of hydrogen-bond acceptors (Lipinski definition) is 7. The summed E-state index contributed by atoms with van der Waals surface area (Å²) < 4.78 is 4.33. The molecule has 6 nitrogen and oxygen atoms in total. The Morgan fingerprint density at radius 3 is 2.74 bits per heavy atom. The number of aromatic hydroxyl groups is 1. The Bertz CT molecular complexity index is 895. The van der Waals surface area contributed by atoms with Gasteiger partial charge in [-0.05, 0) is 42.2 Å². The number of phenolic OH excluding ortho intramolecular Hbond substituents is 1. The van der Waals surface area contributed by atoms with Crippen LogP contribution in [0, 0.1) is 0 Å². The molecule has 0 unspecified atom stereocenters. The maximum Gasteiger partial charge on any atom is 0.131 e. The Kier molecular flexibility index (Phi) is 5.31. The van der Waals surface area contributed by atoms with E-state index in [1.54, 1.807) is 6.07 Å². The largest absolute Gasteiger partial charge is 0.507 e. The molecule has 1 fully saturated rings. The predicted molar refractivity (Wildman–Crippen MR) is 111 cm³/mol. The van der Waals surface area contributed by atoms with Crippen molar-refractivity contribution < 1.29 is 5.11 Å². The fraction of sp³-hybridized carbons (Fsp3) is 0.350. The lowest BCUT2D eigenvalue weighted by Crippen LogP contribution is -2.46. The lowest BCUT2D eigenvalue weighted by molar-refractivity contribution is 0.352. The molecule has 3 heterocycles. The van der Waals surface area contributed by atoms with Crippen LogP contribution in [0.15, 0.2) is 51.5 Å². The second-order valence-electron chi connectivity index (χ2n) is 6.69. The van der Waals surface area contributed by atoms with Gasteiger partial charge in [0, 0.05) is 49.1 Å². The summed E-state index contributed by atoms with van der Waals surface area (Å²) in [7, 11) is 0. The molecule has 2 aliphatic heterocycles.